The molecule has 0 bridgehead atoms. The molecule has 0 aliphatic heterocycles. The lowest BCUT2D eigenvalue weighted by atomic mass is 9.59. The third kappa shape index (κ3) is 7.55. The molecular weight excluding hydrogens is 592 g/mol. The summed E-state index contributed by atoms with van der Waals surface area (Å²) in [5.41, 5.74) is 8.53. The van der Waals surface area contributed by atoms with Crippen LogP contribution in [0.2, 0.25) is 0 Å². The Hall–Kier alpha value is -2.28. The van der Waals surface area contributed by atoms with Crippen LogP contribution in [0.4, 0.5) is 0 Å². The molecule has 0 aromatic rings. The standard InChI is InChI=1S/C34H58N4O8/c1-31-11-7-25(5-3-17-39)21-33(31,13-9-27(31)23-37-43-19-15-35)45-29(41)30(42)46-34-14-10-28(24-38-44-20-16-36)32(34,2)12-8-26(22-34)6-4-18-40/h23-28,39-40H,3-22,35-36H2,1-2H3/t25-,26-,27+,28+,31+,32+,33-,34-/m0/s1. The Kier molecular flexibility index (Phi) is 12.9. The van der Waals surface area contributed by atoms with Crippen molar-refractivity contribution in [1.29, 1.82) is 0 Å². The molecule has 4 rings (SSSR count). The number of oxime groups is 2. The van der Waals surface area contributed by atoms with Crippen LogP contribution >= 0.6 is 0 Å². The van der Waals surface area contributed by atoms with Crippen LogP contribution in [0.25, 0.3) is 0 Å². The van der Waals surface area contributed by atoms with Gasteiger partial charge in [-0.25, -0.2) is 9.59 Å². The monoisotopic (exact) mass is 650 g/mol. The number of esters is 2. The largest absolute Gasteiger partial charge is 0.450 e. The number of rotatable bonds is 16. The van der Waals surface area contributed by atoms with E-state index >= 15 is 0 Å². The van der Waals surface area contributed by atoms with Gasteiger partial charge in [0.1, 0.15) is 24.4 Å². The number of ether oxygens (including phenoxy) is 2. The van der Waals surface area contributed by atoms with Gasteiger partial charge in [0, 0.05) is 61.4 Å². The summed E-state index contributed by atoms with van der Waals surface area (Å²) in [6.45, 7) is 5.89. The van der Waals surface area contributed by atoms with Crippen LogP contribution in [-0.4, -0.2) is 85.3 Å². The molecule has 0 unspecified atom stereocenters. The predicted molar refractivity (Wildman–Crippen MR) is 174 cm³/mol. The summed E-state index contributed by atoms with van der Waals surface area (Å²) in [5, 5.41) is 27.3. The molecule has 6 N–H and O–H groups in total. The molecule has 0 radical (unpaired) electrons. The van der Waals surface area contributed by atoms with Gasteiger partial charge in [-0.1, -0.05) is 24.2 Å². The second-order valence-electron chi connectivity index (χ2n) is 14.6. The van der Waals surface area contributed by atoms with Crippen LogP contribution in [0.3, 0.4) is 0 Å². The van der Waals surface area contributed by atoms with E-state index in [4.69, 9.17) is 30.6 Å². The first-order valence-corrected chi connectivity index (χ1v) is 17.5. The summed E-state index contributed by atoms with van der Waals surface area (Å²) in [6, 6.07) is 0. The van der Waals surface area contributed by atoms with Crippen LogP contribution < -0.4 is 11.5 Å². The van der Waals surface area contributed by atoms with E-state index < -0.39 is 34.0 Å². The first kappa shape index (κ1) is 36.6. The normalized spacial score (nSPS) is 37.3. The molecule has 262 valence electrons. The number of aliphatic hydroxyl groups is 2. The Morgan fingerprint density at radius 1 is 0.717 bits per heavy atom. The summed E-state index contributed by atoms with van der Waals surface area (Å²) in [4.78, 5) is 38.3. The molecule has 4 saturated carbocycles. The summed E-state index contributed by atoms with van der Waals surface area (Å²) >= 11 is 0. The Labute approximate surface area is 274 Å². The van der Waals surface area contributed by atoms with Gasteiger partial charge in [-0.15, -0.1) is 0 Å². The molecule has 0 saturated heterocycles. The maximum absolute atomic E-state index is 13.9. The molecule has 0 aromatic heterocycles. The molecule has 4 fully saturated rings. The van der Waals surface area contributed by atoms with Crippen molar-refractivity contribution in [2.24, 2.45) is 56.3 Å². The second-order valence-corrected chi connectivity index (χ2v) is 14.6. The Morgan fingerprint density at radius 2 is 1.13 bits per heavy atom. The van der Waals surface area contributed by atoms with Gasteiger partial charge in [0.2, 0.25) is 0 Å². The molecule has 0 amide bonds. The van der Waals surface area contributed by atoms with Crippen LogP contribution in [0.5, 0.6) is 0 Å². The smallest absolute Gasteiger partial charge is 0.418 e. The van der Waals surface area contributed by atoms with Gasteiger partial charge in [-0.3, -0.25) is 0 Å². The topological polar surface area (TPSA) is 188 Å². The lowest BCUT2D eigenvalue weighted by molar-refractivity contribution is -0.209. The lowest BCUT2D eigenvalue weighted by Crippen LogP contribution is -2.56. The van der Waals surface area contributed by atoms with Crippen molar-refractivity contribution in [2.75, 3.05) is 39.5 Å². The third-order valence-electron chi connectivity index (χ3n) is 12.2. The number of nitrogens with zero attached hydrogens (tertiary/aromatic N) is 2. The molecule has 4 aliphatic rings. The Balaban J connectivity index is 1.55. The summed E-state index contributed by atoms with van der Waals surface area (Å²) in [6.07, 6.45) is 14.2. The maximum atomic E-state index is 13.9. The lowest BCUT2D eigenvalue weighted by Gasteiger charge is -2.52. The average Bonchev–Trinajstić information content (AvgIpc) is 3.48. The highest BCUT2D eigenvalue weighted by Crippen LogP contribution is 2.63. The fourth-order valence-electron chi connectivity index (χ4n) is 9.33. The van der Waals surface area contributed by atoms with Crippen LogP contribution in [0.1, 0.15) is 104 Å². The molecule has 8 atom stereocenters. The van der Waals surface area contributed by atoms with E-state index in [1.165, 1.54) is 0 Å². The fourth-order valence-corrected chi connectivity index (χ4v) is 9.33. The van der Waals surface area contributed by atoms with E-state index in [2.05, 4.69) is 24.2 Å². The number of carbonyl (C=O) groups excluding carboxylic acids is 2. The van der Waals surface area contributed by atoms with Crippen molar-refractivity contribution in [1.82, 2.24) is 0 Å². The Morgan fingerprint density at radius 3 is 1.50 bits per heavy atom. The van der Waals surface area contributed by atoms with E-state index in [9.17, 15) is 19.8 Å². The van der Waals surface area contributed by atoms with E-state index in [1.807, 2.05) is 12.4 Å². The maximum Gasteiger partial charge on any atom is 0.418 e. The molecule has 0 spiro atoms. The molecule has 0 heterocycles. The van der Waals surface area contributed by atoms with Crippen molar-refractivity contribution in [3.05, 3.63) is 0 Å². The zero-order valence-corrected chi connectivity index (χ0v) is 28.0. The van der Waals surface area contributed by atoms with E-state index in [0.717, 1.165) is 51.4 Å². The number of aliphatic hydroxyl groups excluding tert-OH is 2. The van der Waals surface area contributed by atoms with Crippen LogP contribution in [-0.2, 0) is 28.7 Å². The van der Waals surface area contributed by atoms with Crippen LogP contribution in [0, 0.1) is 34.5 Å². The molecule has 12 heteroatoms. The zero-order chi connectivity index (χ0) is 33.3. The molecule has 0 aromatic carbocycles. The van der Waals surface area contributed by atoms with Gasteiger partial charge in [-0.05, 0) is 102 Å². The van der Waals surface area contributed by atoms with Crippen molar-refractivity contribution in [3.8, 4) is 0 Å². The highest BCUT2D eigenvalue weighted by Gasteiger charge is 2.64. The minimum Gasteiger partial charge on any atom is -0.450 e. The zero-order valence-electron chi connectivity index (χ0n) is 28.0. The number of hydrogen-bond donors (Lipinski definition) is 4. The first-order valence-electron chi connectivity index (χ1n) is 17.5. The van der Waals surface area contributed by atoms with E-state index in [1.54, 1.807) is 0 Å². The molecule has 12 nitrogen and oxygen atoms in total. The minimum atomic E-state index is -0.941. The van der Waals surface area contributed by atoms with Gasteiger partial charge in [0.15, 0.2) is 0 Å². The highest BCUT2D eigenvalue weighted by molar-refractivity contribution is 6.30. The van der Waals surface area contributed by atoms with Gasteiger partial charge in [0.25, 0.3) is 0 Å². The first-order chi connectivity index (χ1) is 22.1. The fraction of sp³-hybridized carbons (Fsp3) is 0.882. The molecule has 46 heavy (non-hydrogen) atoms. The van der Waals surface area contributed by atoms with E-state index in [-0.39, 0.29) is 36.9 Å². The van der Waals surface area contributed by atoms with Crippen molar-refractivity contribution in [2.45, 2.75) is 115 Å². The second kappa shape index (κ2) is 16.2. The van der Waals surface area contributed by atoms with Crippen molar-refractivity contribution in [3.63, 3.8) is 0 Å². The summed E-state index contributed by atoms with van der Waals surface area (Å²) in [5.74, 6) is -1.31. The third-order valence-corrected chi connectivity index (χ3v) is 12.2. The number of nitrogens with two attached hydrogens (primary N) is 2. The van der Waals surface area contributed by atoms with Crippen molar-refractivity contribution < 1.29 is 39.0 Å². The molecular formula is C34H58N4O8. The van der Waals surface area contributed by atoms with E-state index in [0.29, 0.717) is 64.8 Å². The average molecular weight is 651 g/mol. The summed E-state index contributed by atoms with van der Waals surface area (Å²) < 4.78 is 12.8. The van der Waals surface area contributed by atoms with Gasteiger partial charge in [0.05, 0.1) is 0 Å². The minimum absolute atomic E-state index is 0.0109. The SMILES string of the molecule is C[C@]12CC[C@H](CCCO)C[C@@]1(OC(=O)C(=O)O[C@]13CC[C@H](C=NOCCN)[C@@]1(C)CC[C@H](CCCO)C3)CC[C@@H]2C=NOCCN. The van der Waals surface area contributed by atoms with Crippen molar-refractivity contribution >= 4 is 24.4 Å². The van der Waals surface area contributed by atoms with Gasteiger partial charge < -0.3 is 40.8 Å². The summed E-state index contributed by atoms with van der Waals surface area (Å²) in [7, 11) is 0. The quantitative estimate of drug-likeness (QED) is 0.0633. The Bertz CT molecular complexity index is 994. The molecule has 4 aliphatic carbocycles. The predicted octanol–water partition coefficient (Wildman–Crippen LogP) is 3.45. The number of fused-ring (bicyclic) bond motifs is 2. The number of hydrogen-bond acceptors (Lipinski definition) is 12. The highest BCUT2D eigenvalue weighted by atomic mass is 16.6. The van der Waals surface area contributed by atoms with Gasteiger partial charge >= 0.3 is 11.9 Å². The number of carbonyl (C=O) groups is 2. The van der Waals surface area contributed by atoms with Gasteiger partial charge in [-0.2, -0.15) is 0 Å². The van der Waals surface area contributed by atoms with Crippen LogP contribution in [0.15, 0.2) is 10.3 Å².